The van der Waals surface area contributed by atoms with Crippen LogP contribution in [-0.4, -0.2) is 5.11 Å². The summed E-state index contributed by atoms with van der Waals surface area (Å²) >= 11 is 16.9. The fraction of sp³-hybridized carbons (Fsp3) is 0. The predicted octanol–water partition coefficient (Wildman–Crippen LogP) is 7.00. The van der Waals surface area contributed by atoms with Crippen LogP contribution >= 0.6 is 79.6 Å². The van der Waals surface area contributed by atoms with Crippen LogP contribution in [0.15, 0.2) is 46.6 Å². The van der Waals surface area contributed by atoms with E-state index < -0.39 is 0 Å². The summed E-state index contributed by atoms with van der Waals surface area (Å²) in [6, 6.07) is 6.98. The molecule has 7 heteroatoms. The van der Waals surface area contributed by atoms with E-state index in [4.69, 9.17) is 4.74 Å². The molecule has 19 heavy (non-hydrogen) atoms. The molecular formula is C12H5Br5O2. The first-order valence-corrected chi connectivity index (χ1v) is 8.85. The maximum Gasteiger partial charge on any atom is 0.145 e. The van der Waals surface area contributed by atoms with Crippen molar-refractivity contribution < 1.29 is 9.84 Å². The summed E-state index contributed by atoms with van der Waals surface area (Å²) in [5.74, 6) is 1.28. The lowest BCUT2D eigenvalue weighted by Crippen LogP contribution is -1.88. The van der Waals surface area contributed by atoms with Crippen LogP contribution in [0.25, 0.3) is 0 Å². The molecular weight excluding hydrogens is 576 g/mol. The highest BCUT2D eigenvalue weighted by Crippen LogP contribution is 2.41. The molecule has 0 spiro atoms. The molecule has 0 saturated heterocycles. The molecule has 0 radical (unpaired) electrons. The maximum absolute atomic E-state index is 9.69. The lowest BCUT2D eigenvalue weighted by Gasteiger charge is -2.12. The van der Waals surface area contributed by atoms with Crippen molar-refractivity contribution in [3.63, 3.8) is 0 Å². The third-order valence-electron chi connectivity index (χ3n) is 2.20. The fourth-order valence-electron chi connectivity index (χ4n) is 1.30. The second-order valence-electron chi connectivity index (χ2n) is 3.53. The first kappa shape index (κ1) is 15.8. The van der Waals surface area contributed by atoms with Crippen molar-refractivity contribution in [2.45, 2.75) is 0 Å². The Kier molecular flexibility index (Phi) is 5.39. The number of benzene rings is 2. The molecule has 0 amide bonds. The number of halogens is 5. The van der Waals surface area contributed by atoms with E-state index in [1.54, 1.807) is 6.07 Å². The zero-order valence-electron chi connectivity index (χ0n) is 9.05. The third kappa shape index (κ3) is 3.75. The van der Waals surface area contributed by atoms with Crippen molar-refractivity contribution in [2.24, 2.45) is 0 Å². The minimum atomic E-state index is 0.116. The maximum atomic E-state index is 9.69. The smallest absolute Gasteiger partial charge is 0.145 e. The standard InChI is InChI=1S/C12H5Br5O2/c13-5-1-8(16)11(3-6(5)14)19-12-4-10(18)7(15)2-9(12)17/h1-4,18H. The normalized spacial score (nSPS) is 10.6. The zero-order valence-corrected chi connectivity index (χ0v) is 17.0. The van der Waals surface area contributed by atoms with Crippen LogP contribution in [0.1, 0.15) is 0 Å². The number of hydrogen-bond donors (Lipinski definition) is 1. The summed E-state index contributed by atoms with van der Waals surface area (Å²) in [5, 5.41) is 9.69. The highest BCUT2D eigenvalue weighted by atomic mass is 79.9. The van der Waals surface area contributed by atoms with Crippen molar-refractivity contribution in [1.29, 1.82) is 0 Å². The van der Waals surface area contributed by atoms with Crippen molar-refractivity contribution in [3.05, 3.63) is 46.6 Å². The Hall–Kier alpha value is 0.440. The van der Waals surface area contributed by atoms with E-state index in [-0.39, 0.29) is 5.75 Å². The van der Waals surface area contributed by atoms with Crippen LogP contribution in [0, 0.1) is 0 Å². The van der Waals surface area contributed by atoms with Gasteiger partial charge in [-0.3, -0.25) is 0 Å². The van der Waals surface area contributed by atoms with E-state index >= 15 is 0 Å². The number of rotatable bonds is 2. The minimum Gasteiger partial charge on any atom is -0.507 e. The molecule has 0 unspecified atom stereocenters. The molecule has 0 heterocycles. The monoisotopic (exact) mass is 576 g/mol. The Morgan fingerprint density at radius 1 is 0.632 bits per heavy atom. The van der Waals surface area contributed by atoms with Crippen LogP contribution < -0.4 is 4.74 Å². The quantitative estimate of drug-likeness (QED) is 0.388. The highest BCUT2D eigenvalue weighted by molar-refractivity contribution is 9.13. The summed E-state index contributed by atoms with van der Waals surface area (Å²) in [6.45, 7) is 0. The van der Waals surface area contributed by atoms with Crippen LogP contribution in [0.5, 0.6) is 17.2 Å². The lowest BCUT2D eigenvalue weighted by atomic mass is 10.3. The predicted molar refractivity (Wildman–Crippen MR) is 93.1 cm³/mol. The molecule has 0 aliphatic heterocycles. The molecule has 0 fully saturated rings. The molecule has 2 nitrogen and oxygen atoms in total. The van der Waals surface area contributed by atoms with Gasteiger partial charge in [0.15, 0.2) is 0 Å². The van der Waals surface area contributed by atoms with Crippen molar-refractivity contribution in [1.82, 2.24) is 0 Å². The Balaban J connectivity index is 2.42. The van der Waals surface area contributed by atoms with Gasteiger partial charge in [-0.25, -0.2) is 0 Å². The molecule has 2 rings (SSSR count). The number of hydrogen-bond acceptors (Lipinski definition) is 2. The fourth-order valence-corrected chi connectivity index (χ4v) is 3.77. The molecule has 0 aliphatic rings. The number of phenolic OH excluding ortho intramolecular Hbond substituents is 1. The van der Waals surface area contributed by atoms with Gasteiger partial charge in [0.2, 0.25) is 0 Å². The largest absolute Gasteiger partial charge is 0.507 e. The summed E-state index contributed by atoms with van der Waals surface area (Å²) < 4.78 is 9.73. The molecule has 1 N–H and O–H groups in total. The average Bonchev–Trinajstić information content (AvgIpc) is 2.32. The third-order valence-corrected chi connectivity index (χ3v) is 5.91. The van der Waals surface area contributed by atoms with E-state index in [0.29, 0.717) is 16.0 Å². The summed E-state index contributed by atoms with van der Waals surface area (Å²) in [5.41, 5.74) is 0. The first-order valence-electron chi connectivity index (χ1n) is 4.89. The molecule has 2 aromatic rings. The minimum absolute atomic E-state index is 0.116. The van der Waals surface area contributed by atoms with Gasteiger partial charge in [0, 0.05) is 15.0 Å². The Labute approximate surface area is 152 Å². The number of ether oxygens (including phenoxy) is 1. The molecule has 100 valence electrons. The van der Waals surface area contributed by atoms with Gasteiger partial charge in [-0.2, -0.15) is 0 Å². The van der Waals surface area contributed by atoms with E-state index in [0.717, 1.165) is 17.9 Å². The van der Waals surface area contributed by atoms with Crippen molar-refractivity contribution >= 4 is 79.6 Å². The molecule has 0 atom stereocenters. The number of aromatic hydroxyl groups is 1. The van der Waals surface area contributed by atoms with Crippen LogP contribution in [0.2, 0.25) is 0 Å². The van der Waals surface area contributed by atoms with Crippen LogP contribution in [0.4, 0.5) is 0 Å². The second kappa shape index (κ2) is 6.47. The van der Waals surface area contributed by atoms with E-state index in [1.807, 2.05) is 12.1 Å². The van der Waals surface area contributed by atoms with Crippen molar-refractivity contribution in [2.75, 3.05) is 0 Å². The van der Waals surface area contributed by atoms with E-state index in [1.165, 1.54) is 6.07 Å². The summed E-state index contributed by atoms with van der Waals surface area (Å²) in [7, 11) is 0. The van der Waals surface area contributed by atoms with E-state index in [9.17, 15) is 5.11 Å². The van der Waals surface area contributed by atoms with Gasteiger partial charge in [-0.1, -0.05) is 0 Å². The Bertz CT molecular complexity index is 587. The summed E-state index contributed by atoms with van der Waals surface area (Å²) in [6.07, 6.45) is 0. The highest BCUT2D eigenvalue weighted by Gasteiger charge is 2.11. The van der Waals surface area contributed by atoms with Gasteiger partial charge in [-0.15, -0.1) is 0 Å². The molecule has 0 bridgehead atoms. The number of phenols is 1. The topological polar surface area (TPSA) is 29.5 Å². The molecule has 2 aromatic carbocycles. The molecule has 0 saturated carbocycles. The van der Waals surface area contributed by atoms with E-state index in [2.05, 4.69) is 79.6 Å². The van der Waals surface area contributed by atoms with Gasteiger partial charge in [0.05, 0.1) is 13.4 Å². The van der Waals surface area contributed by atoms with Crippen LogP contribution in [0.3, 0.4) is 0 Å². The first-order chi connectivity index (χ1) is 8.88. The van der Waals surface area contributed by atoms with Gasteiger partial charge in [0.1, 0.15) is 17.2 Å². The Morgan fingerprint density at radius 3 is 1.74 bits per heavy atom. The zero-order chi connectivity index (χ0) is 14.2. The van der Waals surface area contributed by atoms with Gasteiger partial charge in [-0.05, 0) is 97.8 Å². The average molecular weight is 581 g/mol. The SMILES string of the molecule is Oc1cc(Oc2cc(Br)c(Br)cc2Br)c(Br)cc1Br. The summed E-state index contributed by atoms with van der Waals surface area (Å²) in [4.78, 5) is 0. The van der Waals surface area contributed by atoms with Gasteiger partial charge < -0.3 is 9.84 Å². The molecule has 0 aliphatic carbocycles. The van der Waals surface area contributed by atoms with Crippen molar-refractivity contribution in [3.8, 4) is 17.2 Å². The van der Waals surface area contributed by atoms with Gasteiger partial charge in [0.25, 0.3) is 0 Å². The Morgan fingerprint density at radius 2 is 1.11 bits per heavy atom. The van der Waals surface area contributed by atoms with Crippen LogP contribution in [-0.2, 0) is 0 Å². The second-order valence-corrected chi connectivity index (χ2v) is 7.80. The van der Waals surface area contributed by atoms with Gasteiger partial charge >= 0.3 is 0 Å². The lowest BCUT2D eigenvalue weighted by molar-refractivity contribution is 0.449. The molecule has 0 aromatic heterocycles.